The van der Waals surface area contributed by atoms with E-state index in [9.17, 15) is 24.0 Å². The summed E-state index contributed by atoms with van der Waals surface area (Å²) < 4.78 is 17.1. The molecule has 0 saturated carbocycles. The summed E-state index contributed by atoms with van der Waals surface area (Å²) in [7, 11) is 1.19. The number of nitrogens with zero attached hydrogens (tertiary/aromatic N) is 3. The molecular weight excluding hydrogens is 678 g/mol. The molecule has 0 spiro atoms. The van der Waals surface area contributed by atoms with E-state index < -0.39 is 48.9 Å². The molecule has 270 valence electrons. The number of aromatic nitrogens is 2. The summed E-state index contributed by atoms with van der Waals surface area (Å²) in [6, 6.07) is 35.7. The summed E-state index contributed by atoms with van der Waals surface area (Å²) in [5.74, 6) is -1.50. The number of carbonyl (C=O) groups excluding carboxylic acids is 4. The lowest BCUT2D eigenvalue weighted by atomic mass is 9.98. The first-order valence-corrected chi connectivity index (χ1v) is 16.9. The lowest BCUT2D eigenvalue weighted by Gasteiger charge is -2.22. The number of nitrogens with one attached hydrogen (secondary N) is 2. The fraction of sp³-hybridized carbons (Fsp3) is 0.200. The van der Waals surface area contributed by atoms with Crippen LogP contribution >= 0.6 is 0 Å². The zero-order valence-electron chi connectivity index (χ0n) is 28.8. The average Bonchev–Trinajstić information content (AvgIpc) is 3.50. The monoisotopic (exact) mass is 715 g/mol. The van der Waals surface area contributed by atoms with Crippen LogP contribution in [-0.2, 0) is 30.3 Å². The Bertz CT molecular complexity index is 2060. The largest absolute Gasteiger partial charge is 0.468 e. The highest BCUT2D eigenvalue weighted by Gasteiger charge is 2.29. The van der Waals surface area contributed by atoms with Gasteiger partial charge in [0.2, 0.25) is 5.91 Å². The molecule has 0 fully saturated rings. The number of anilines is 1. The van der Waals surface area contributed by atoms with E-state index in [1.54, 1.807) is 0 Å². The minimum atomic E-state index is -0.836. The van der Waals surface area contributed by atoms with Crippen LogP contribution in [0.2, 0.25) is 0 Å². The van der Waals surface area contributed by atoms with Gasteiger partial charge in [0.25, 0.3) is 0 Å². The number of esters is 1. The van der Waals surface area contributed by atoms with E-state index >= 15 is 0 Å². The molecule has 6 rings (SSSR count). The number of alkyl carbamates (subject to hydrolysis) is 1. The topological polar surface area (TPSA) is 158 Å². The van der Waals surface area contributed by atoms with E-state index in [4.69, 9.17) is 14.2 Å². The summed E-state index contributed by atoms with van der Waals surface area (Å²) in [6.07, 6.45) is -0.940. The Kier molecular flexibility index (Phi) is 11.5. The van der Waals surface area contributed by atoms with E-state index in [-0.39, 0.29) is 31.4 Å². The molecule has 1 aliphatic carbocycles. The molecule has 1 heterocycles. The Hall–Kier alpha value is -6.76. The predicted molar refractivity (Wildman–Crippen MR) is 195 cm³/mol. The normalized spacial score (nSPS) is 11.6. The number of rotatable bonds is 13. The number of hydrogen-bond acceptors (Lipinski definition) is 9. The summed E-state index contributed by atoms with van der Waals surface area (Å²) >= 11 is 0. The van der Waals surface area contributed by atoms with Crippen molar-refractivity contribution in [3.05, 3.63) is 154 Å². The van der Waals surface area contributed by atoms with Gasteiger partial charge >= 0.3 is 23.8 Å². The molecule has 4 aromatic carbocycles. The Balaban J connectivity index is 1.03. The van der Waals surface area contributed by atoms with E-state index in [1.807, 2.05) is 109 Å². The van der Waals surface area contributed by atoms with Gasteiger partial charge < -0.3 is 24.4 Å². The Morgan fingerprint density at radius 1 is 0.792 bits per heavy atom. The quantitative estimate of drug-likeness (QED) is 0.125. The maximum Gasteiger partial charge on any atom is 0.413 e. The second-order valence-corrected chi connectivity index (χ2v) is 12.1. The maximum absolute atomic E-state index is 13.3. The molecule has 5 aromatic rings. The first-order valence-electron chi connectivity index (χ1n) is 16.9. The van der Waals surface area contributed by atoms with E-state index in [2.05, 4.69) is 15.6 Å². The Morgan fingerprint density at radius 2 is 1.38 bits per heavy atom. The molecule has 1 aliphatic rings. The van der Waals surface area contributed by atoms with Gasteiger partial charge in [0.15, 0.2) is 6.10 Å². The molecule has 2 N–H and O–H groups in total. The summed E-state index contributed by atoms with van der Waals surface area (Å²) in [5.41, 5.74) is 5.03. The highest BCUT2D eigenvalue weighted by atomic mass is 16.6. The highest BCUT2D eigenvalue weighted by molar-refractivity contribution is 5.84. The van der Waals surface area contributed by atoms with Crippen molar-refractivity contribution in [1.82, 2.24) is 19.8 Å². The molecule has 0 unspecified atom stereocenters. The molecule has 0 atom stereocenters. The van der Waals surface area contributed by atoms with Crippen LogP contribution in [0.5, 0.6) is 0 Å². The van der Waals surface area contributed by atoms with Gasteiger partial charge in [0.1, 0.15) is 25.5 Å². The first-order chi connectivity index (χ1) is 25.8. The lowest BCUT2D eigenvalue weighted by Crippen LogP contribution is -2.44. The van der Waals surface area contributed by atoms with Crippen molar-refractivity contribution in [2.75, 3.05) is 38.7 Å². The van der Waals surface area contributed by atoms with Crippen molar-refractivity contribution in [3.8, 4) is 11.1 Å². The SMILES string of the molecule is COC(=O)CN(CCNC(=O)OCC1c2ccccc2-c2ccccc21)C(=O)Cn1ccc(NC(=O)OC(c2ccccc2)c2ccccc2)nc1=O. The molecule has 13 nitrogen and oxygen atoms in total. The zero-order chi connectivity index (χ0) is 37.2. The van der Waals surface area contributed by atoms with Crippen LogP contribution in [0.1, 0.15) is 34.3 Å². The molecule has 1 aromatic heterocycles. The van der Waals surface area contributed by atoms with Gasteiger partial charge in [-0.25, -0.2) is 14.4 Å². The number of amides is 3. The van der Waals surface area contributed by atoms with Gasteiger partial charge in [-0.2, -0.15) is 4.98 Å². The van der Waals surface area contributed by atoms with Crippen molar-refractivity contribution in [1.29, 1.82) is 0 Å². The van der Waals surface area contributed by atoms with Gasteiger partial charge in [0, 0.05) is 25.2 Å². The summed E-state index contributed by atoms with van der Waals surface area (Å²) in [4.78, 5) is 68.9. The van der Waals surface area contributed by atoms with Crippen molar-refractivity contribution in [2.45, 2.75) is 18.6 Å². The molecule has 13 heteroatoms. The van der Waals surface area contributed by atoms with Crippen LogP contribution in [0.25, 0.3) is 11.1 Å². The van der Waals surface area contributed by atoms with E-state index in [0.29, 0.717) is 0 Å². The molecule has 53 heavy (non-hydrogen) atoms. The molecule has 3 amide bonds. The molecule has 0 bridgehead atoms. The number of carbonyl (C=O) groups is 4. The number of methoxy groups -OCH3 is 1. The van der Waals surface area contributed by atoms with Gasteiger partial charge in [-0.15, -0.1) is 0 Å². The Morgan fingerprint density at radius 3 is 1.96 bits per heavy atom. The summed E-state index contributed by atoms with van der Waals surface area (Å²) in [6.45, 7) is -0.883. The second kappa shape index (κ2) is 17.0. The maximum atomic E-state index is 13.3. The molecule has 0 aliphatic heterocycles. The van der Waals surface area contributed by atoms with Crippen molar-refractivity contribution < 1.29 is 33.4 Å². The smallest absolute Gasteiger partial charge is 0.413 e. The van der Waals surface area contributed by atoms with Crippen molar-refractivity contribution >= 4 is 29.9 Å². The minimum Gasteiger partial charge on any atom is -0.468 e. The number of ether oxygens (including phenoxy) is 3. The van der Waals surface area contributed by atoms with E-state index in [1.165, 1.54) is 19.4 Å². The first kappa shape index (κ1) is 36.0. The van der Waals surface area contributed by atoms with Crippen LogP contribution in [0, 0.1) is 0 Å². The average molecular weight is 716 g/mol. The number of fused-ring (bicyclic) bond motifs is 3. The minimum absolute atomic E-state index is 0.0372. The van der Waals surface area contributed by atoms with Crippen LogP contribution in [0.4, 0.5) is 15.4 Å². The van der Waals surface area contributed by atoms with Gasteiger partial charge in [0.05, 0.1) is 7.11 Å². The molecule has 0 radical (unpaired) electrons. The standard InChI is InChI=1S/C40H37N5O8/c1-51-36(47)25-44(23-21-41-39(49)52-26-33-31-18-10-8-16-29(31)30-17-9-11-19-32(30)33)35(46)24-45-22-20-34(42-38(45)48)43-40(50)53-37(27-12-4-2-5-13-27)28-14-6-3-7-15-28/h2-20,22,33,37H,21,23-26H2,1H3,(H,41,49)(H,42,43,48,50). The van der Waals surface area contributed by atoms with Gasteiger partial charge in [-0.05, 0) is 39.4 Å². The number of benzene rings is 4. The van der Waals surface area contributed by atoms with E-state index in [0.717, 1.165) is 42.8 Å². The second-order valence-electron chi connectivity index (χ2n) is 12.1. The molecule has 0 saturated heterocycles. The Labute approximate surface area is 305 Å². The fourth-order valence-corrected chi connectivity index (χ4v) is 6.14. The third-order valence-corrected chi connectivity index (χ3v) is 8.73. The van der Waals surface area contributed by atoms with Crippen LogP contribution in [-0.4, -0.2) is 71.9 Å². The van der Waals surface area contributed by atoms with Gasteiger partial charge in [-0.3, -0.25) is 19.5 Å². The molecular formula is C40H37N5O8. The summed E-state index contributed by atoms with van der Waals surface area (Å²) in [5, 5.41) is 5.10. The number of hydrogen-bond donors (Lipinski definition) is 2. The van der Waals surface area contributed by atoms with Crippen LogP contribution in [0.15, 0.2) is 126 Å². The van der Waals surface area contributed by atoms with Crippen molar-refractivity contribution in [3.63, 3.8) is 0 Å². The third-order valence-electron chi connectivity index (χ3n) is 8.73. The highest BCUT2D eigenvalue weighted by Crippen LogP contribution is 2.44. The lowest BCUT2D eigenvalue weighted by molar-refractivity contribution is -0.147. The predicted octanol–water partition coefficient (Wildman–Crippen LogP) is 5.12. The van der Waals surface area contributed by atoms with Crippen LogP contribution < -0.4 is 16.3 Å². The van der Waals surface area contributed by atoms with Crippen LogP contribution in [0.3, 0.4) is 0 Å². The van der Waals surface area contributed by atoms with Crippen molar-refractivity contribution in [2.24, 2.45) is 0 Å². The fourth-order valence-electron chi connectivity index (χ4n) is 6.14. The van der Waals surface area contributed by atoms with Gasteiger partial charge in [-0.1, -0.05) is 109 Å². The third kappa shape index (κ3) is 8.95. The zero-order valence-corrected chi connectivity index (χ0v) is 28.8.